The van der Waals surface area contributed by atoms with Gasteiger partial charge in [-0.05, 0) is 24.3 Å². The summed E-state index contributed by atoms with van der Waals surface area (Å²) in [7, 11) is 0. The lowest BCUT2D eigenvalue weighted by Crippen LogP contribution is -2.43. The van der Waals surface area contributed by atoms with Gasteiger partial charge >= 0.3 is 12.5 Å². The maximum atomic E-state index is 13.3. The van der Waals surface area contributed by atoms with Gasteiger partial charge in [-0.3, -0.25) is 5.43 Å². The summed E-state index contributed by atoms with van der Waals surface area (Å²) in [4.78, 5) is 1.19. The molecule has 0 spiro atoms. The molecular formula is C14H8F5N3O2. The summed E-state index contributed by atoms with van der Waals surface area (Å²) in [5.74, 6) is -0.472. The highest BCUT2D eigenvalue weighted by Gasteiger charge is 2.48. The molecule has 1 aromatic carbocycles. The molecule has 126 valence electrons. The molecule has 24 heavy (non-hydrogen) atoms. The van der Waals surface area contributed by atoms with Crippen molar-refractivity contribution in [2.75, 3.05) is 0 Å². The number of hydrazone groups is 1. The monoisotopic (exact) mass is 345 g/mol. The lowest BCUT2D eigenvalue weighted by atomic mass is 10.1. The van der Waals surface area contributed by atoms with E-state index in [1.165, 1.54) is 35.4 Å². The van der Waals surface area contributed by atoms with Crippen LogP contribution in [0.5, 0.6) is 11.5 Å². The molecule has 0 saturated heterocycles. The zero-order valence-corrected chi connectivity index (χ0v) is 11.6. The zero-order chi connectivity index (χ0) is 17.1. The summed E-state index contributed by atoms with van der Waals surface area (Å²) in [5.41, 5.74) is 1.61. The van der Waals surface area contributed by atoms with E-state index in [1.807, 2.05) is 0 Å². The van der Waals surface area contributed by atoms with Crippen LogP contribution in [-0.4, -0.2) is 29.4 Å². The molecule has 0 amide bonds. The van der Waals surface area contributed by atoms with Crippen molar-refractivity contribution in [3.05, 3.63) is 47.7 Å². The van der Waals surface area contributed by atoms with Gasteiger partial charge in [0.15, 0.2) is 23.5 Å². The molecule has 0 fully saturated rings. The average molecular weight is 345 g/mol. The number of halogens is 5. The topological polar surface area (TPSA) is 46.1 Å². The molecule has 10 heteroatoms. The smallest absolute Gasteiger partial charge is 0.395 e. The first kappa shape index (κ1) is 14.8. The van der Waals surface area contributed by atoms with Crippen molar-refractivity contribution < 1.29 is 31.4 Å². The Kier molecular flexibility index (Phi) is 2.85. The number of allylic oxidation sites excluding steroid dienone is 2. The molecule has 3 heterocycles. The number of nitrogens with one attached hydrogen (secondary N) is 1. The molecule has 1 aromatic rings. The molecule has 4 rings (SSSR count). The van der Waals surface area contributed by atoms with Crippen molar-refractivity contribution in [2.45, 2.75) is 18.6 Å². The van der Waals surface area contributed by atoms with Gasteiger partial charge in [0.2, 0.25) is 0 Å². The maximum Gasteiger partial charge on any atom is 0.586 e. The number of fused-ring (bicyclic) bond motifs is 2. The summed E-state index contributed by atoms with van der Waals surface area (Å²) < 4.78 is 74.5. The van der Waals surface area contributed by atoms with E-state index in [4.69, 9.17) is 0 Å². The second-order valence-electron chi connectivity index (χ2n) is 5.14. The minimum Gasteiger partial charge on any atom is -0.395 e. The highest BCUT2D eigenvalue weighted by Crippen LogP contribution is 2.44. The van der Waals surface area contributed by atoms with Crippen molar-refractivity contribution in [1.29, 1.82) is 0 Å². The third kappa shape index (κ3) is 2.17. The number of benzene rings is 1. The van der Waals surface area contributed by atoms with Gasteiger partial charge in [-0.15, -0.1) is 8.78 Å². The maximum absolute atomic E-state index is 13.3. The highest BCUT2D eigenvalue weighted by molar-refractivity contribution is 6.03. The van der Waals surface area contributed by atoms with Gasteiger partial charge in [-0.1, -0.05) is 6.07 Å². The predicted octanol–water partition coefficient (Wildman–Crippen LogP) is 2.92. The van der Waals surface area contributed by atoms with Crippen molar-refractivity contribution in [3.63, 3.8) is 0 Å². The van der Waals surface area contributed by atoms with E-state index in [0.717, 1.165) is 6.08 Å². The van der Waals surface area contributed by atoms with Crippen LogP contribution < -0.4 is 14.9 Å². The molecule has 1 unspecified atom stereocenters. The Morgan fingerprint density at radius 1 is 1.21 bits per heavy atom. The Hall–Kier alpha value is -2.78. The van der Waals surface area contributed by atoms with Gasteiger partial charge in [0, 0.05) is 6.20 Å². The first-order chi connectivity index (χ1) is 11.3. The Morgan fingerprint density at radius 3 is 2.75 bits per heavy atom. The van der Waals surface area contributed by atoms with Crippen molar-refractivity contribution in [1.82, 2.24) is 10.3 Å². The lowest BCUT2D eigenvalue weighted by molar-refractivity contribution is -0.286. The van der Waals surface area contributed by atoms with Gasteiger partial charge < -0.3 is 14.4 Å². The zero-order valence-electron chi connectivity index (χ0n) is 11.6. The summed E-state index contributed by atoms with van der Waals surface area (Å²) >= 11 is 0. The SMILES string of the molecule is FC1(F)Oc2cccc(C3=NNC4C(C(F)(F)F)=CC=CN34)c2O1. The van der Waals surface area contributed by atoms with E-state index in [9.17, 15) is 22.0 Å². The number of hydrogen-bond donors (Lipinski definition) is 1. The first-order valence-corrected chi connectivity index (χ1v) is 6.73. The molecule has 1 N–H and O–H groups in total. The highest BCUT2D eigenvalue weighted by atomic mass is 19.4. The van der Waals surface area contributed by atoms with Crippen LogP contribution in [0.2, 0.25) is 0 Å². The van der Waals surface area contributed by atoms with Crippen molar-refractivity contribution >= 4 is 5.84 Å². The molecule has 0 aromatic heterocycles. The number of amidine groups is 1. The van der Waals surface area contributed by atoms with Gasteiger partial charge in [-0.2, -0.15) is 18.3 Å². The van der Waals surface area contributed by atoms with Crippen LogP contribution in [0.25, 0.3) is 0 Å². The van der Waals surface area contributed by atoms with E-state index < -0.39 is 24.2 Å². The van der Waals surface area contributed by atoms with Gasteiger partial charge in [0.1, 0.15) is 0 Å². The number of rotatable bonds is 1. The van der Waals surface area contributed by atoms with Crippen molar-refractivity contribution in [2.24, 2.45) is 5.10 Å². The lowest BCUT2D eigenvalue weighted by Gasteiger charge is -2.29. The van der Waals surface area contributed by atoms with Crippen LogP contribution in [0, 0.1) is 0 Å². The average Bonchev–Trinajstić information content (AvgIpc) is 3.04. The number of nitrogens with zero attached hydrogens (tertiary/aromatic N) is 2. The Labute approximate surface area is 131 Å². The van der Waals surface area contributed by atoms with E-state index in [0.29, 0.717) is 0 Å². The van der Waals surface area contributed by atoms with Crippen LogP contribution in [0.3, 0.4) is 0 Å². The minimum atomic E-state index is -4.56. The molecule has 0 radical (unpaired) electrons. The Balaban J connectivity index is 1.71. The van der Waals surface area contributed by atoms with E-state index in [2.05, 4.69) is 20.0 Å². The van der Waals surface area contributed by atoms with Gasteiger partial charge in [-0.25, -0.2) is 0 Å². The van der Waals surface area contributed by atoms with Gasteiger partial charge in [0.25, 0.3) is 0 Å². The van der Waals surface area contributed by atoms with Crippen LogP contribution in [0.1, 0.15) is 5.56 Å². The summed E-state index contributed by atoms with van der Waals surface area (Å²) in [5, 5.41) is 3.86. The van der Waals surface area contributed by atoms with E-state index >= 15 is 0 Å². The first-order valence-electron chi connectivity index (χ1n) is 6.73. The van der Waals surface area contributed by atoms with Crippen LogP contribution >= 0.6 is 0 Å². The molecule has 0 bridgehead atoms. The summed E-state index contributed by atoms with van der Waals surface area (Å²) in [6.45, 7) is 0. The molecule has 5 nitrogen and oxygen atoms in total. The number of alkyl halides is 5. The fraction of sp³-hybridized carbons (Fsp3) is 0.214. The Bertz CT molecular complexity index is 800. The van der Waals surface area contributed by atoms with E-state index in [1.54, 1.807) is 0 Å². The summed E-state index contributed by atoms with van der Waals surface area (Å²) in [6.07, 6.45) is -6.17. The molecule has 3 aliphatic heterocycles. The second-order valence-corrected chi connectivity index (χ2v) is 5.14. The van der Waals surface area contributed by atoms with Gasteiger partial charge in [0.05, 0.1) is 11.1 Å². The molecule has 1 atom stereocenters. The predicted molar refractivity (Wildman–Crippen MR) is 71.2 cm³/mol. The Morgan fingerprint density at radius 2 is 2.00 bits per heavy atom. The quantitative estimate of drug-likeness (QED) is 0.795. The largest absolute Gasteiger partial charge is 0.586 e. The molecule has 0 aliphatic carbocycles. The molecule has 3 aliphatic rings. The number of ether oxygens (including phenoxy) is 2. The van der Waals surface area contributed by atoms with Crippen LogP contribution in [0.4, 0.5) is 22.0 Å². The molecule has 0 saturated carbocycles. The minimum absolute atomic E-state index is 0.0178. The normalized spacial score (nSPS) is 23.5. The van der Waals surface area contributed by atoms with E-state index in [-0.39, 0.29) is 22.9 Å². The van der Waals surface area contributed by atoms with Crippen molar-refractivity contribution in [3.8, 4) is 11.5 Å². The third-order valence-electron chi connectivity index (χ3n) is 3.63. The second kappa shape index (κ2) is 4.62. The number of hydrogen-bond acceptors (Lipinski definition) is 5. The number of para-hydroxylation sites is 1. The van der Waals surface area contributed by atoms with Crippen LogP contribution in [0.15, 0.2) is 47.2 Å². The summed E-state index contributed by atoms with van der Waals surface area (Å²) in [6, 6.07) is 4.10. The standard InChI is InChI=1S/C14H8F5N3O2/c15-13(16,17)8-4-2-6-22-11(20-21-12(8)22)7-3-1-5-9-10(7)24-14(18,19)23-9/h1-6,12,21H. The fourth-order valence-electron chi connectivity index (χ4n) is 2.67. The third-order valence-corrected chi connectivity index (χ3v) is 3.63. The fourth-order valence-corrected chi connectivity index (χ4v) is 2.67. The van der Waals surface area contributed by atoms with Crippen LogP contribution in [-0.2, 0) is 0 Å². The molecular weight excluding hydrogens is 337 g/mol.